The first-order valence-electron chi connectivity index (χ1n) is 9.93. The van der Waals surface area contributed by atoms with E-state index in [0.29, 0.717) is 30.2 Å². The molecule has 1 atom stereocenters. The van der Waals surface area contributed by atoms with Crippen LogP contribution in [-0.4, -0.2) is 59.5 Å². The summed E-state index contributed by atoms with van der Waals surface area (Å²) < 4.78 is 29.3. The molecule has 3 heterocycles. The third kappa shape index (κ3) is 3.46. The SMILES string of the molecule is CCN1CCCn2nc(C3CCCN(S(=O)(=O)c4ccccc4)C3)cc2C1=O. The summed E-state index contributed by atoms with van der Waals surface area (Å²) in [6.07, 6.45) is 2.55. The minimum Gasteiger partial charge on any atom is -0.338 e. The summed E-state index contributed by atoms with van der Waals surface area (Å²) in [7, 11) is -3.51. The van der Waals surface area contributed by atoms with E-state index in [4.69, 9.17) is 5.10 Å². The van der Waals surface area contributed by atoms with Gasteiger partial charge in [-0.05, 0) is 44.4 Å². The summed E-state index contributed by atoms with van der Waals surface area (Å²) in [6, 6.07) is 10.4. The quantitative estimate of drug-likeness (QED) is 0.787. The molecule has 4 rings (SSSR count). The van der Waals surface area contributed by atoms with E-state index in [0.717, 1.165) is 38.0 Å². The molecule has 28 heavy (non-hydrogen) atoms. The molecule has 0 spiro atoms. The fourth-order valence-electron chi connectivity index (χ4n) is 4.10. The zero-order valence-electron chi connectivity index (χ0n) is 16.1. The van der Waals surface area contributed by atoms with Crippen LogP contribution in [0.2, 0.25) is 0 Å². The number of nitrogens with zero attached hydrogens (tertiary/aromatic N) is 4. The van der Waals surface area contributed by atoms with E-state index >= 15 is 0 Å². The molecule has 1 fully saturated rings. The zero-order chi connectivity index (χ0) is 19.7. The molecule has 2 aromatic rings. The second kappa shape index (κ2) is 7.67. The van der Waals surface area contributed by atoms with Crippen LogP contribution in [0.25, 0.3) is 0 Å². The number of aromatic nitrogens is 2. The molecule has 8 heteroatoms. The lowest BCUT2D eigenvalue weighted by Gasteiger charge is -2.31. The summed E-state index contributed by atoms with van der Waals surface area (Å²) in [5, 5.41) is 4.69. The van der Waals surface area contributed by atoms with E-state index in [1.54, 1.807) is 33.3 Å². The Labute approximate surface area is 166 Å². The predicted octanol–water partition coefficient (Wildman–Crippen LogP) is 2.32. The fraction of sp³-hybridized carbons (Fsp3) is 0.500. The first-order valence-corrected chi connectivity index (χ1v) is 11.4. The maximum Gasteiger partial charge on any atom is 0.272 e. The Bertz CT molecular complexity index is 955. The van der Waals surface area contributed by atoms with E-state index in [1.807, 2.05) is 24.0 Å². The van der Waals surface area contributed by atoms with Gasteiger partial charge in [0.1, 0.15) is 5.69 Å². The molecule has 1 amide bonds. The Morgan fingerprint density at radius 3 is 2.64 bits per heavy atom. The van der Waals surface area contributed by atoms with Gasteiger partial charge in [-0.25, -0.2) is 8.42 Å². The van der Waals surface area contributed by atoms with E-state index < -0.39 is 10.0 Å². The van der Waals surface area contributed by atoms with Crippen LogP contribution in [0.1, 0.15) is 48.3 Å². The van der Waals surface area contributed by atoms with Gasteiger partial charge < -0.3 is 4.90 Å². The molecule has 0 bridgehead atoms. The average Bonchev–Trinajstić information content (AvgIpc) is 3.09. The molecule has 0 saturated carbocycles. The highest BCUT2D eigenvalue weighted by Gasteiger charge is 2.33. The second-order valence-corrected chi connectivity index (χ2v) is 9.37. The van der Waals surface area contributed by atoms with Crippen LogP contribution in [-0.2, 0) is 16.6 Å². The fourth-order valence-corrected chi connectivity index (χ4v) is 5.64. The van der Waals surface area contributed by atoms with Crippen molar-refractivity contribution in [1.82, 2.24) is 19.0 Å². The summed E-state index contributed by atoms with van der Waals surface area (Å²) >= 11 is 0. The molecule has 0 radical (unpaired) electrons. The number of piperidine rings is 1. The maximum atomic E-state index is 13.0. The maximum absolute atomic E-state index is 13.0. The van der Waals surface area contributed by atoms with Crippen molar-refractivity contribution < 1.29 is 13.2 Å². The van der Waals surface area contributed by atoms with Gasteiger partial charge in [0.25, 0.3) is 5.91 Å². The van der Waals surface area contributed by atoms with Crippen molar-refractivity contribution in [3.8, 4) is 0 Å². The Kier molecular flexibility index (Phi) is 5.25. The number of hydrogen-bond acceptors (Lipinski definition) is 4. The smallest absolute Gasteiger partial charge is 0.272 e. The molecule has 1 saturated heterocycles. The van der Waals surface area contributed by atoms with Gasteiger partial charge in [-0.15, -0.1) is 0 Å². The number of sulfonamides is 1. The Hall–Kier alpha value is -2.19. The van der Waals surface area contributed by atoms with Crippen LogP contribution in [0, 0.1) is 0 Å². The molecule has 0 N–H and O–H groups in total. The van der Waals surface area contributed by atoms with Gasteiger partial charge in [0.15, 0.2) is 0 Å². The van der Waals surface area contributed by atoms with Gasteiger partial charge in [0.2, 0.25) is 10.0 Å². The minimum atomic E-state index is -3.51. The van der Waals surface area contributed by atoms with E-state index in [2.05, 4.69) is 0 Å². The van der Waals surface area contributed by atoms with Crippen molar-refractivity contribution in [1.29, 1.82) is 0 Å². The highest BCUT2D eigenvalue weighted by molar-refractivity contribution is 7.89. The van der Waals surface area contributed by atoms with Gasteiger partial charge in [0, 0.05) is 38.6 Å². The molecule has 1 aromatic carbocycles. The molecule has 1 unspecified atom stereocenters. The molecular weight excluding hydrogens is 376 g/mol. The van der Waals surface area contributed by atoms with E-state index in [-0.39, 0.29) is 11.8 Å². The second-order valence-electron chi connectivity index (χ2n) is 7.43. The number of benzene rings is 1. The van der Waals surface area contributed by atoms with Gasteiger partial charge in [0.05, 0.1) is 10.6 Å². The molecule has 150 valence electrons. The Balaban J connectivity index is 1.58. The summed E-state index contributed by atoms with van der Waals surface area (Å²) in [4.78, 5) is 14.9. The lowest BCUT2D eigenvalue weighted by atomic mass is 9.96. The average molecular weight is 403 g/mol. The van der Waals surface area contributed by atoms with Gasteiger partial charge in [-0.1, -0.05) is 18.2 Å². The lowest BCUT2D eigenvalue weighted by molar-refractivity contribution is 0.0766. The topological polar surface area (TPSA) is 75.5 Å². The van der Waals surface area contributed by atoms with Crippen molar-refractivity contribution >= 4 is 15.9 Å². The predicted molar refractivity (Wildman–Crippen MR) is 106 cm³/mol. The summed E-state index contributed by atoms with van der Waals surface area (Å²) in [6.45, 7) is 5.06. The number of carbonyl (C=O) groups excluding carboxylic acids is 1. The minimum absolute atomic E-state index is 0.00883. The van der Waals surface area contributed by atoms with Gasteiger partial charge >= 0.3 is 0 Å². The van der Waals surface area contributed by atoms with Crippen LogP contribution >= 0.6 is 0 Å². The summed E-state index contributed by atoms with van der Waals surface area (Å²) in [5.74, 6) is 0.0258. The summed E-state index contributed by atoms with van der Waals surface area (Å²) in [5.41, 5.74) is 1.45. The number of rotatable bonds is 4. The highest BCUT2D eigenvalue weighted by atomic mass is 32.2. The molecule has 1 aromatic heterocycles. The first-order chi connectivity index (χ1) is 13.5. The highest BCUT2D eigenvalue weighted by Crippen LogP contribution is 2.30. The Morgan fingerprint density at radius 2 is 1.89 bits per heavy atom. The molecule has 2 aliphatic heterocycles. The van der Waals surface area contributed by atoms with Crippen molar-refractivity contribution in [2.45, 2.75) is 43.5 Å². The monoisotopic (exact) mass is 402 g/mol. The standard InChI is InChI=1S/C20H26N4O3S/c1-2-22-11-7-13-24-19(20(22)25)14-18(21-24)16-8-6-12-23(15-16)28(26,27)17-9-4-3-5-10-17/h3-5,9-10,14,16H,2,6-8,11-13,15H2,1H3. The van der Waals surface area contributed by atoms with Crippen LogP contribution in [0.3, 0.4) is 0 Å². The molecular formula is C20H26N4O3S. The van der Waals surface area contributed by atoms with Crippen LogP contribution in [0.4, 0.5) is 0 Å². The van der Waals surface area contributed by atoms with Gasteiger partial charge in [-0.3, -0.25) is 9.48 Å². The lowest BCUT2D eigenvalue weighted by Crippen LogP contribution is -2.39. The van der Waals surface area contributed by atoms with Crippen LogP contribution in [0.15, 0.2) is 41.3 Å². The van der Waals surface area contributed by atoms with Crippen LogP contribution in [0.5, 0.6) is 0 Å². The number of hydrogen-bond donors (Lipinski definition) is 0. The van der Waals surface area contributed by atoms with Crippen molar-refractivity contribution in [3.05, 3.63) is 47.8 Å². The Morgan fingerprint density at radius 1 is 1.11 bits per heavy atom. The third-order valence-electron chi connectivity index (χ3n) is 5.67. The normalized spacial score (nSPS) is 21.4. The molecule has 2 aliphatic rings. The van der Waals surface area contributed by atoms with Gasteiger partial charge in [-0.2, -0.15) is 9.40 Å². The molecule has 7 nitrogen and oxygen atoms in total. The molecule has 0 aliphatic carbocycles. The number of carbonyl (C=O) groups is 1. The first kappa shape index (κ1) is 19.1. The van der Waals surface area contributed by atoms with E-state index in [9.17, 15) is 13.2 Å². The zero-order valence-corrected chi connectivity index (χ0v) is 16.9. The van der Waals surface area contributed by atoms with Crippen molar-refractivity contribution in [3.63, 3.8) is 0 Å². The number of aryl methyl sites for hydroxylation is 1. The van der Waals surface area contributed by atoms with Crippen molar-refractivity contribution in [2.24, 2.45) is 0 Å². The largest absolute Gasteiger partial charge is 0.338 e. The number of amides is 1. The third-order valence-corrected chi connectivity index (χ3v) is 7.55. The van der Waals surface area contributed by atoms with Crippen molar-refractivity contribution in [2.75, 3.05) is 26.2 Å². The van der Waals surface area contributed by atoms with Crippen LogP contribution < -0.4 is 0 Å². The van der Waals surface area contributed by atoms with E-state index in [1.165, 1.54) is 0 Å². The number of fused-ring (bicyclic) bond motifs is 1.